The summed E-state index contributed by atoms with van der Waals surface area (Å²) in [6.45, 7) is -0.619. The highest BCUT2D eigenvalue weighted by molar-refractivity contribution is 6.35. The third-order valence-electron chi connectivity index (χ3n) is 3.28. The third kappa shape index (κ3) is 6.54. The Balaban J connectivity index is 1.65. The summed E-state index contributed by atoms with van der Waals surface area (Å²) in [6, 6.07) is 10.8. The smallest absolute Gasteiger partial charge is 0.344 e. The largest absolute Gasteiger partial charge is 0.479 e. The molecule has 0 unspecified atom stereocenters. The van der Waals surface area contributed by atoms with Crippen molar-refractivity contribution in [2.75, 3.05) is 19.8 Å². The highest BCUT2D eigenvalue weighted by Crippen LogP contribution is 2.21. The van der Waals surface area contributed by atoms with E-state index in [-0.39, 0.29) is 5.75 Å². The van der Waals surface area contributed by atoms with Crippen LogP contribution in [0, 0.1) is 5.82 Å². The molecule has 0 aromatic heterocycles. The fourth-order valence-electron chi connectivity index (χ4n) is 2.00. The van der Waals surface area contributed by atoms with Crippen molar-refractivity contribution in [1.29, 1.82) is 0 Å². The van der Waals surface area contributed by atoms with E-state index in [9.17, 15) is 14.0 Å². The van der Waals surface area contributed by atoms with Gasteiger partial charge in [0.15, 0.2) is 24.8 Å². The molecule has 0 radical (unpaired) electrons. The first-order valence-electron chi connectivity index (χ1n) is 7.69. The number of nitrogens with one attached hydrogen (secondary N) is 1. The van der Waals surface area contributed by atoms with Crippen LogP contribution in [-0.4, -0.2) is 31.6 Å². The van der Waals surface area contributed by atoms with Crippen molar-refractivity contribution in [3.05, 3.63) is 63.9 Å². The van der Waals surface area contributed by atoms with Gasteiger partial charge in [-0.2, -0.15) is 0 Å². The number of ether oxygens (including phenoxy) is 2. The Morgan fingerprint density at radius 1 is 1.08 bits per heavy atom. The molecule has 0 aliphatic rings. The molecular weight excluding hydrogens is 384 g/mol. The average Bonchev–Trinajstić information content (AvgIpc) is 2.61. The Morgan fingerprint density at radius 2 is 1.85 bits per heavy atom. The first kappa shape index (κ1) is 20.0. The Labute approximate surface area is 160 Å². The lowest BCUT2D eigenvalue weighted by Crippen LogP contribution is -2.31. The molecule has 0 fully saturated rings. The van der Waals surface area contributed by atoms with Gasteiger partial charge in [-0.25, -0.2) is 9.18 Å². The van der Waals surface area contributed by atoms with Gasteiger partial charge in [0.25, 0.3) is 5.91 Å². The van der Waals surface area contributed by atoms with E-state index in [2.05, 4.69) is 5.32 Å². The first-order chi connectivity index (χ1) is 12.5. The molecule has 8 heteroatoms. The summed E-state index contributed by atoms with van der Waals surface area (Å²) in [7, 11) is 0. The van der Waals surface area contributed by atoms with Gasteiger partial charge in [-0.05, 0) is 36.2 Å². The van der Waals surface area contributed by atoms with Crippen molar-refractivity contribution in [2.24, 2.45) is 0 Å². The van der Waals surface area contributed by atoms with Crippen LogP contribution in [0.2, 0.25) is 10.0 Å². The van der Waals surface area contributed by atoms with Gasteiger partial charge < -0.3 is 14.8 Å². The van der Waals surface area contributed by atoms with Gasteiger partial charge in [-0.3, -0.25) is 4.79 Å². The molecule has 5 nitrogen and oxygen atoms in total. The summed E-state index contributed by atoms with van der Waals surface area (Å²) in [6.07, 6.45) is 0.506. The number of carbonyl (C=O) groups is 2. The van der Waals surface area contributed by atoms with Crippen LogP contribution in [0.3, 0.4) is 0 Å². The third-order valence-corrected chi connectivity index (χ3v) is 3.86. The summed E-state index contributed by atoms with van der Waals surface area (Å²) >= 11 is 11.8. The molecule has 0 bridgehead atoms. The molecule has 0 saturated carbocycles. The van der Waals surface area contributed by atoms with Gasteiger partial charge in [-0.1, -0.05) is 41.4 Å². The molecule has 0 heterocycles. The van der Waals surface area contributed by atoms with E-state index in [0.29, 0.717) is 23.0 Å². The molecule has 26 heavy (non-hydrogen) atoms. The molecule has 0 aliphatic heterocycles. The van der Waals surface area contributed by atoms with E-state index < -0.39 is 30.9 Å². The summed E-state index contributed by atoms with van der Waals surface area (Å²) in [4.78, 5) is 23.2. The second-order valence-corrected chi connectivity index (χ2v) is 6.06. The van der Waals surface area contributed by atoms with Crippen LogP contribution in [0.4, 0.5) is 4.39 Å². The summed E-state index contributed by atoms with van der Waals surface area (Å²) < 4.78 is 23.1. The lowest BCUT2D eigenvalue weighted by molar-refractivity contribution is -0.150. The highest BCUT2D eigenvalue weighted by atomic mass is 35.5. The van der Waals surface area contributed by atoms with Gasteiger partial charge in [0, 0.05) is 16.6 Å². The first-order valence-corrected chi connectivity index (χ1v) is 8.45. The van der Waals surface area contributed by atoms with Gasteiger partial charge in [0.2, 0.25) is 0 Å². The van der Waals surface area contributed by atoms with Gasteiger partial charge in [0.05, 0.1) is 0 Å². The highest BCUT2D eigenvalue weighted by Gasteiger charge is 2.10. The van der Waals surface area contributed by atoms with Gasteiger partial charge in [-0.15, -0.1) is 0 Å². The van der Waals surface area contributed by atoms with Crippen molar-refractivity contribution in [3.63, 3.8) is 0 Å². The summed E-state index contributed by atoms with van der Waals surface area (Å²) in [5.41, 5.74) is 0.839. The Kier molecular flexibility index (Phi) is 7.69. The molecule has 1 N–H and O–H groups in total. The van der Waals surface area contributed by atoms with Gasteiger partial charge in [0.1, 0.15) is 0 Å². The van der Waals surface area contributed by atoms with Crippen LogP contribution < -0.4 is 10.1 Å². The number of amides is 1. The monoisotopic (exact) mass is 399 g/mol. The van der Waals surface area contributed by atoms with E-state index in [1.165, 1.54) is 18.2 Å². The standard InChI is InChI=1S/C18H16Cl2FNO4/c19-13-6-5-12(14(20)9-13)7-8-22-17(23)10-26-18(24)11-25-16-4-2-1-3-15(16)21/h1-6,9H,7-8,10-11H2,(H,22,23). The van der Waals surface area contributed by atoms with Crippen LogP contribution >= 0.6 is 23.2 Å². The minimum Gasteiger partial charge on any atom is -0.479 e. The Bertz CT molecular complexity index is 786. The molecule has 2 aromatic rings. The quantitative estimate of drug-likeness (QED) is 0.690. The Hall–Kier alpha value is -2.31. The van der Waals surface area contributed by atoms with Crippen LogP contribution in [0.15, 0.2) is 42.5 Å². The fraction of sp³-hybridized carbons (Fsp3) is 0.222. The van der Waals surface area contributed by atoms with Crippen molar-refractivity contribution < 1.29 is 23.5 Å². The van der Waals surface area contributed by atoms with Crippen LogP contribution in [-0.2, 0) is 20.7 Å². The minimum absolute atomic E-state index is 0.0613. The number of benzene rings is 2. The maximum absolute atomic E-state index is 13.3. The SMILES string of the molecule is O=C(COC(=O)COc1ccccc1F)NCCc1ccc(Cl)cc1Cl. The maximum atomic E-state index is 13.3. The number of carbonyl (C=O) groups excluding carboxylic acids is 2. The molecule has 0 spiro atoms. The maximum Gasteiger partial charge on any atom is 0.344 e. The van der Waals surface area contributed by atoms with Crippen LogP contribution in [0.1, 0.15) is 5.56 Å². The molecule has 2 rings (SSSR count). The number of rotatable bonds is 8. The van der Waals surface area contributed by atoms with Crippen LogP contribution in [0.5, 0.6) is 5.75 Å². The fourth-order valence-corrected chi connectivity index (χ4v) is 2.50. The van der Waals surface area contributed by atoms with E-state index in [1.54, 1.807) is 24.3 Å². The van der Waals surface area contributed by atoms with Gasteiger partial charge >= 0.3 is 5.97 Å². The summed E-state index contributed by atoms with van der Waals surface area (Å²) in [5, 5.41) is 3.65. The predicted octanol–water partition coefficient (Wildman–Crippen LogP) is 3.41. The zero-order chi connectivity index (χ0) is 18.9. The zero-order valence-corrected chi connectivity index (χ0v) is 15.1. The number of hydrogen-bond acceptors (Lipinski definition) is 4. The van der Waals surface area contributed by atoms with Crippen molar-refractivity contribution >= 4 is 35.1 Å². The number of esters is 1. The molecule has 138 valence electrons. The van der Waals surface area contributed by atoms with E-state index in [4.69, 9.17) is 32.7 Å². The number of para-hydroxylation sites is 1. The zero-order valence-electron chi connectivity index (χ0n) is 13.6. The molecule has 0 saturated heterocycles. The van der Waals surface area contributed by atoms with Crippen molar-refractivity contribution in [3.8, 4) is 5.75 Å². The number of halogens is 3. The van der Waals surface area contributed by atoms with Crippen LogP contribution in [0.25, 0.3) is 0 Å². The lowest BCUT2D eigenvalue weighted by Gasteiger charge is -2.09. The summed E-state index contributed by atoms with van der Waals surface area (Å²) in [5.74, 6) is -1.88. The predicted molar refractivity (Wildman–Crippen MR) is 96.0 cm³/mol. The number of hydrogen-bond donors (Lipinski definition) is 1. The minimum atomic E-state index is -0.774. The second kappa shape index (κ2) is 9.99. The molecule has 0 aliphatic carbocycles. The van der Waals surface area contributed by atoms with E-state index in [1.807, 2.05) is 0 Å². The van der Waals surface area contributed by atoms with Crippen molar-refractivity contribution in [2.45, 2.75) is 6.42 Å². The van der Waals surface area contributed by atoms with E-state index >= 15 is 0 Å². The van der Waals surface area contributed by atoms with E-state index in [0.717, 1.165) is 5.56 Å². The second-order valence-electron chi connectivity index (χ2n) is 5.22. The lowest BCUT2D eigenvalue weighted by atomic mass is 10.1. The normalized spacial score (nSPS) is 10.3. The average molecular weight is 400 g/mol. The molecule has 0 atom stereocenters. The molecular formula is C18H16Cl2FNO4. The Morgan fingerprint density at radius 3 is 2.58 bits per heavy atom. The van der Waals surface area contributed by atoms with Crippen molar-refractivity contribution in [1.82, 2.24) is 5.32 Å². The topological polar surface area (TPSA) is 64.6 Å². The molecule has 1 amide bonds. The molecule has 2 aromatic carbocycles.